The number of rotatable bonds is 6. The zero-order valence-electron chi connectivity index (χ0n) is 11.5. The summed E-state index contributed by atoms with van der Waals surface area (Å²) in [5, 5.41) is 0. The number of anilines is 1. The molecule has 2 aromatic carbocycles. The molecule has 0 fully saturated rings. The Labute approximate surface area is 138 Å². The summed E-state index contributed by atoms with van der Waals surface area (Å²) in [5.74, 6) is 0.599. The van der Waals surface area contributed by atoms with Crippen molar-refractivity contribution in [3.8, 4) is 5.75 Å². The van der Waals surface area contributed by atoms with Crippen molar-refractivity contribution < 1.29 is 9.53 Å². The second kappa shape index (κ2) is 7.83. The van der Waals surface area contributed by atoms with Crippen molar-refractivity contribution in [2.75, 3.05) is 18.1 Å². The Morgan fingerprint density at radius 1 is 1.19 bits per heavy atom. The minimum absolute atomic E-state index is 0.00281. The van der Waals surface area contributed by atoms with E-state index in [4.69, 9.17) is 4.74 Å². The number of hydrogen-bond donors (Lipinski definition) is 0. The van der Waals surface area contributed by atoms with E-state index in [0.29, 0.717) is 12.3 Å². The standard InChI is InChI=1S/C17H16INO2/c1-2-11-19(15-8-4-3-5-9-15)17(20)13-21-16-10-6-7-14(18)12-16/h2-10,12H,1,11,13H2. The van der Waals surface area contributed by atoms with Gasteiger partial charge in [-0.2, -0.15) is 0 Å². The first-order chi connectivity index (χ1) is 10.2. The predicted octanol–water partition coefficient (Wildman–Crippen LogP) is 3.89. The molecule has 0 saturated carbocycles. The fourth-order valence-electron chi connectivity index (χ4n) is 1.87. The molecule has 108 valence electrons. The fraction of sp³-hybridized carbons (Fsp3) is 0.118. The summed E-state index contributed by atoms with van der Waals surface area (Å²) in [6.45, 7) is 4.16. The quantitative estimate of drug-likeness (QED) is 0.551. The Balaban J connectivity index is 2.04. The number of benzene rings is 2. The van der Waals surface area contributed by atoms with Gasteiger partial charge in [0.05, 0.1) is 0 Å². The molecule has 4 heteroatoms. The van der Waals surface area contributed by atoms with Gasteiger partial charge in [0.2, 0.25) is 0 Å². The van der Waals surface area contributed by atoms with Gasteiger partial charge in [0.15, 0.2) is 6.61 Å². The van der Waals surface area contributed by atoms with Gasteiger partial charge in [-0.3, -0.25) is 4.79 Å². The third-order valence-electron chi connectivity index (χ3n) is 2.84. The molecule has 0 bridgehead atoms. The summed E-state index contributed by atoms with van der Waals surface area (Å²) < 4.78 is 6.64. The molecule has 3 nitrogen and oxygen atoms in total. The monoisotopic (exact) mass is 393 g/mol. The molecule has 2 aromatic rings. The molecule has 0 aliphatic carbocycles. The number of para-hydroxylation sites is 1. The van der Waals surface area contributed by atoms with E-state index in [1.54, 1.807) is 11.0 Å². The van der Waals surface area contributed by atoms with Crippen LogP contribution >= 0.6 is 22.6 Å². The molecule has 0 spiro atoms. The van der Waals surface area contributed by atoms with Gasteiger partial charge in [0.1, 0.15) is 5.75 Å². The summed E-state index contributed by atoms with van der Waals surface area (Å²) >= 11 is 2.21. The topological polar surface area (TPSA) is 29.5 Å². The zero-order chi connectivity index (χ0) is 15.1. The Kier molecular flexibility index (Phi) is 5.80. The van der Waals surface area contributed by atoms with Crippen LogP contribution in [0.25, 0.3) is 0 Å². The van der Waals surface area contributed by atoms with Gasteiger partial charge in [0, 0.05) is 15.8 Å². The maximum absolute atomic E-state index is 12.3. The second-order valence-corrected chi connectivity index (χ2v) is 5.62. The lowest BCUT2D eigenvalue weighted by Crippen LogP contribution is -2.35. The largest absolute Gasteiger partial charge is 0.484 e. The number of ether oxygens (including phenoxy) is 1. The SMILES string of the molecule is C=CCN(C(=O)COc1cccc(I)c1)c1ccccc1. The van der Waals surface area contributed by atoms with Crippen molar-refractivity contribution in [1.29, 1.82) is 0 Å². The number of nitrogens with zero attached hydrogens (tertiary/aromatic N) is 1. The van der Waals surface area contributed by atoms with Crippen molar-refractivity contribution in [1.82, 2.24) is 0 Å². The Hall–Kier alpha value is -1.82. The average Bonchev–Trinajstić information content (AvgIpc) is 2.51. The minimum atomic E-state index is -0.0973. The van der Waals surface area contributed by atoms with E-state index >= 15 is 0 Å². The van der Waals surface area contributed by atoms with Crippen LogP contribution in [-0.4, -0.2) is 19.1 Å². The van der Waals surface area contributed by atoms with Gasteiger partial charge in [-0.15, -0.1) is 6.58 Å². The fourth-order valence-corrected chi connectivity index (χ4v) is 2.38. The first-order valence-corrected chi connectivity index (χ1v) is 7.63. The van der Waals surface area contributed by atoms with Gasteiger partial charge in [-0.05, 0) is 52.9 Å². The van der Waals surface area contributed by atoms with Crippen LogP contribution in [0.3, 0.4) is 0 Å². The molecular weight excluding hydrogens is 377 g/mol. The summed E-state index contributed by atoms with van der Waals surface area (Å²) in [5.41, 5.74) is 0.841. The van der Waals surface area contributed by atoms with E-state index in [2.05, 4.69) is 29.2 Å². The molecule has 0 aliphatic rings. The van der Waals surface area contributed by atoms with Crippen molar-refractivity contribution in [2.45, 2.75) is 0 Å². The highest BCUT2D eigenvalue weighted by Gasteiger charge is 2.14. The van der Waals surface area contributed by atoms with E-state index in [-0.39, 0.29) is 12.5 Å². The van der Waals surface area contributed by atoms with Gasteiger partial charge < -0.3 is 9.64 Å². The summed E-state index contributed by atoms with van der Waals surface area (Å²) in [6, 6.07) is 17.1. The highest BCUT2D eigenvalue weighted by Crippen LogP contribution is 2.16. The van der Waals surface area contributed by atoms with Crippen LogP contribution in [-0.2, 0) is 4.79 Å². The first-order valence-electron chi connectivity index (χ1n) is 6.55. The van der Waals surface area contributed by atoms with Crippen LogP contribution in [0.5, 0.6) is 5.75 Å². The molecular formula is C17H16INO2. The van der Waals surface area contributed by atoms with E-state index in [0.717, 1.165) is 9.26 Å². The van der Waals surface area contributed by atoms with Crippen molar-refractivity contribution in [3.05, 3.63) is 70.8 Å². The highest BCUT2D eigenvalue weighted by molar-refractivity contribution is 14.1. The van der Waals surface area contributed by atoms with E-state index in [1.165, 1.54) is 0 Å². The lowest BCUT2D eigenvalue weighted by atomic mass is 10.3. The van der Waals surface area contributed by atoms with Gasteiger partial charge in [-0.1, -0.05) is 30.3 Å². The Morgan fingerprint density at radius 2 is 1.95 bits per heavy atom. The molecule has 0 radical (unpaired) electrons. The van der Waals surface area contributed by atoms with Crippen molar-refractivity contribution >= 4 is 34.2 Å². The molecule has 0 N–H and O–H groups in total. The van der Waals surface area contributed by atoms with E-state index < -0.39 is 0 Å². The predicted molar refractivity (Wildman–Crippen MR) is 93.6 cm³/mol. The maximum atomic E-state index is 12.3. The van der Waals surface area contributed by atoms with Crippen molar-refractivity contribution in [3.63, 3.8) is 0 Å². The number of carbonyl (C=O) groups is 1. The third-order valence-corrected chi connectivity index (χ3v) is 3.51. The summed E-state index contributed by atoms with van der Waals surface area (Å²) in [6.07, 6.45) is 1.70. The molecule has 21 heavy (non-hydrogen) atoms. The van der Waals surface area contributed by atoms with Crippen LogP contribution < -0.4 is 9.64 Å². The third kappa shape index (κ3) is 4.60. The highest BCUT2D eigenvalue weighted by atomic mass is 127. The average molecular weight is 393 g/mol. The van der Waals surface area contributed by atoms with Gasteiger partial charge in [0.25, 0.3) is 5.91 Å². The maximum Gasteiger partial charge on any atom is 0.265 e. The lowest BCUT2D eigenvalue weighted by molar-refractivity contribution is -0.120. The molecule has 0 unspecified atom stereocenters. The van der Waals surface area contributed by atoms with E-state index in [9.17, 15) is 4.79 Å². The minimum Gasteiger partial charge on any atom is -0.484 e. The Morgan fingerprint density at radius 3 is 2.62 bits per heavy atom. The second-order valence-electron chi connectivity index (χ2n) is 4.37. The van der Waals surface area contributed by atoms with E-state index in [1.807, 2.05) is 54.6 Å². The van der Waals surface area contributed by atoms with Crippen LogP contribution in [0.4, 0.5) is 5.69 Å². The number of hydrogen-bond acceptors (Lipinski definition) is 2. The molecule has 2 rings (SSSR count). The number of amides is 1. The smallest absolute Gasteiger partial charge is 0.265 e. The van der Waals surface area contributed by atoms with Crippen molar-refractivity contribution in [2.24, 2.45) is 0 Å². The zero-order valence-corrected chi connectivity index (χ0v) is 13.7. The lowest BCUT2D eigenvalue weighted by Gasteiger charge is -2.21. The molecule has 1 amide bonds. The molecule has 0 saturated heterocycles. The Bertz CT molecular complexity index is 613. The molecule has 0 aromatic heterocycles. The first kappa shape index (κ1) is 15.6. The van der Waals surface area contributed by atoms with Crippen LogP contribution in [0, 0.1) is 3.57 Å². The van der Waals surface area contributed by atoms with Gasteiger partial charge >= 0.3 is 0 Å². The number of carbonyl (C=O) groups excluding carboxylic acids is 1. The van der Waals surface area contributed by atoms with Crippen LogP contribution in [0.15, 0.2) is 67.3 Å². The normalized spacial score (nSPS) is 9.95. The molecule has 0 atom stereocenters. The summed E-state index contributed by atoms with van der Waals surface area (Å²) in [7, 11) is 0. The molecule has 0 heterocycles. The summed E-state index contributed by atoms with van der Waals surface area (Å²) in [4.78, 5) is 14.0. The number of halogens is 1. The van der Waals surface area contributed by atoms with Crippen LogP contribution in [0.1, 0.15) is 0 Å². The molecule has 0 aliphatic heterocycles. The van der Waals surface area contributed by atoms with Crippen LogP contribution in [0.2, 0.25) is 0 Å². The van der Waals surface area contributed by atoms with Gasteiger partial charge in [-0.25, -0.2) is 0 Å².